The van der Waals surface area contributed by atoms with Crippen LogP contribution in [0.4, 0.5) is 4.39 Å². The quantitative estimate of drug-likeness (QED) is 0.609. The van der Waals surface area contributed by atoms with Crippen LogP contribution in [0.1, 0.15) is 10.4 Å². The Hall–Kier alpha value is -3.21. The van der Waals surface area contributed by atoms with Gasteiger partial charge in [-0.25, -0.2) is 14.2 Å². The van der Waals surface area contributed by atoms with Crippen LogP contribution < -0.4 is 0 Å². The predicted molar refractivity (Wildman–Crippen MR) is 85.1 cm³/mol. The van der Waals surface area contributed by atoms with Crippen LogP contribution in [0.5, 0.6) is 0 Å². The summed E-state index contributed by atoms with van der Waals surface area (Å²) >= 11 is 0. The molecule has 0 aliphatic heterocycles. The molecule has 0 saturated heterocycles. The van der Waals surface area contributed by atoms with Gasteiger partial charge in [-0.2, -0.15) is 0 Å². The molecule has 0 radical (unpaired) electrons. The van der Waals surface area contributed by atoms with Gasteiger partial charge in [-0.3, -0.25) is 0 Å². The maximum Gasteiger partial charge on any atom is 0.335 e. The monoisotopic (exact) mass is 306 g/mol. The second-order valence-electron chi connectivity index (χ2n) is 5.24. The first-order chi connectivity index (χ1) is 11.1. The van der Waals surface area contributed by atoms with Crippen LogP contribution in [-0.4, -0.2) is 20.5 Å². The first-order valence-electron chi connectivity index (χ1n) is 7.03. The number of aromatic carboxylic acids is 1. The van der Waals surface area contributed by atoms with Gasteiger partial charge in [0, 0.05) is 11.8 Å². The van der Waals surface area contributed by atoms with Crippen molar-refractivity contribution in [3.63, 3.8) is 0 Å². The summed E-state index contributed by atoms with van der Waals surface area (Å²) in [5.41, 5.74) is 3.92. The molecular weight excluding hydrogens is 295 g/mol. The molecular formula is C18H11FN2O2. The summed E-state index contributed by atoms with van der Waals surface area (Å²) in [6.07, 6.45) is 1.90. The molecule has 0 amide bonds. The van der Waals surface area contributed by atoms with E-state index in [2.05, 4.69) is 4.98 Å². The minimum Gasteiger partial charge on any atom is -0.478 e. The summed E-state index contributed by atoms with van der Waals surface area (Å²) in [4.78, 5) is 15.8. The Kier molecular flexibility index (Phi) is 2.87. The van der Waals surface area contributed by atoms with Crippen molar-refractivity contribution in [1.29, 1.82) is 0 Å². The van der Waals surface area contributed by atoms with Crippen molar-refractivity contribution in [2.24, 2.45) is 0 Å². The van der Waals surface area contributed by atoms with E-state index in [1.165, 1.54) is 12.1 Å². The molecule has 0 atom stereocenters. The zero-order chi connectivity index (χ0) is 16.0. The van der Waals surface area contributed by atoms with Gasteiger partial charge in [-0.05, 0) is 54.6 Å². The number of nitrogens with zero attached hydrogens (tertiary/aromatic N) is 2. The normalized spacial score (nSPS) is 11.2. The van der Waals surface area contributed by atoms with Gasteiger partial charge in [0.15, 0.2) is 0 Å². The van der Waals surface area contributed by atoms with E-state index in [9.17, 15) is 9.18 Å². The SMILES string of the molecule is O=C(O)c1ccc2c(c1)nc(-c1ccc(F)cc1)c1cccn12. The highest BCUT2D eigenvalue weighted by atomic mass is 19.1. The summed E-state index contributed by atoms with van der Waals surface area (Å²) < 4.78 is 15.1. The minimum atomic E-state index is -0.996. The van der Waals surface area contributed by atoms with E-state index in [1.807, 2.05) is 22.7 Å². The topological polar surface area (TPSA) is 54.6 Å². The molecule has 0 saturated carbocycles. The van der Waals surface area contributed by atoms with Crippen molar-refractivity contribution >= 4 is 22.5 Å². The van der Waals surface area contributed by atoms with Gasteiger partial charge in [0.2, 0.25) is 0 Å². The van der Waals surface area contributed by atoms with Crippen LogP contribution in [0, 0.1) is 5.82 Å². The fraction of sp³-hybridized carbons (Fsp3) is 0. The van der Waals surface area contributed by atoms with Crippen LogP contribution in [0.3, 0.4) is 0 Å². The summed E-state index contributed by atoms with van der Waals surface area (Å²) in [5, 5.41) is 9.16. The molecule has 4 rings (SSSR count). The van der Waals surface area contributed by atoms with E-state index in [0.29, 0.717) is 11.2 Å². The third kappa shape index (κ3) is 2.14. The maximum absolute atomic E-state index is 13.2. The lowest BCUT2D eigenvalue weighted by Gasteiger charge is -2.09. The minimum absolute atomic E-state index is 0.182. The molecule has 2 aromatic carbocycles. The van der Waals surface area contributed by atoms with Crippen LogP contribution in [-0.2, 0) is 0 Å². The number of halogens is 1. The first kappa shape index (κ1) is 13.5. The van der Waals surface area contributed by atoms with Crippen molar-refractivity contribution in [2.75, 3.05) is 0 Å². The molecule has 112 valence electrons. The Bertz CT molecular complexity index is 1050. The third-order valence-corrected chi connectivity index (χ3v) is 3.82. The highest BCUT2D eigenvalue weighted by Crippen LogP contribution is 2.27. The van der Waals surface area contributed by atoms with Crippen LogP contribution in [0.15, 0.2) is 60.8 Å². The Morgan fingerprint density at radius 2 is 1.83 bits per heavy atom. The molecule has 4 aromatic rings. The van der Waals surface area contributed by atoms with Crippen molar-refractivity contribution < 1.29 is 14.3 Å². The summed E-state index contributed by atoms with van der Waals surface area (Å²) in [6, 6.07) is 14.8. The number of hydrogen-bond donors (Lipinski definition) is 1. The van der Waals surface area contributed by atoms with Crippen LogP contribution in [0.25, 0.3) is 27.8 Å². The van der Waals surface area contributed by atoms with Gasteiger partial charge in [0.25, 0.3) is 0 Å². The maximum atomic E-state index is 13.2. The smallest absolute Gasteiger partial charge is 0.335 e. The zero-order valence-corrected chi connectivity index (χ0v) is 11.9. The van der Waals surface area contributed by atoms with E-state index in [4.69, 9.17) is 5.11 Å². The largest absolute Gasteiger partial charge is 0.478 e. The van der Waals surface area contributed by atoms with Crippen LogP contribution >= 0.6 is 0 Å². The standard InChI is InChI=1S/C18H11FN2O2/c19-13-6-3-11(4-7-13)17-16-2-1-9-21(16)15-8-5-12(18(22)23)10-14(15)20-17/h1-10H,(H,22,23). The van der Waals surface area contributed by atoms with Gasteiger partial charge in [0.1, 0.15) is 5.82 Å². The molecule has 0 bridgehead atoms. The Labute approximate surface area is 130 Å². The van der Waals surface area contributed by atoms with Crippen LogP contribution in [0.2, 0.25) is 0 Å². The predicted octanol–water partition coefficient (Wildman–Crippen LogP) is 3.99. The molecule has 23 heavy (non-hydrogen) atoms. The summed E-state index contributed by atoms with van der Waals surface area (Å²) in [5.74, 6) is -1.31. The summed E-state index contributed by atoms with van der Waals surface area (Å²) in [7, 11) is 0. The van der Waals surface area contributed by atoms with E-state index < -0.39 is 5.97 Å². The number of aromatic nitrogens is 2. The van der Waals surface area contributed by atoms with Crippen molar-refractivity contribution in [2.45, 2.75) is 0 Å². The van der Waals surface area contributed by atoms with Gasteiger partial charge >= 0.3 is 5.97 Å². The number of benzene rings is 2. The number of carboxylic acids is 1. The molecule has 0 spiro atoms. The third-order valence-electron chi connectivity index (χ3n) is 3.82. The fourth-order valence-electron chi connectivity index (χ4n) is 2.73. The van der Waals surface area contributed by atoms with Gasteiger partial charge in [0.05, 0.1) is 27.8 Å². The number of rotatable bonds is 2. The Balaban J connectivity index is 2.07. The molecule has 0 fully saturated rings. The van der Waals surface area contributed by atoms with E-state index in [0.717, 1.165) is 16.6 Å². The first-order valence-corrected chi connectivity index (χ1v) is 7.03. The van der Waals surface area contributed by atoms with Crippen molar-refractivity contribution in [1.82, 2.24) is 9.38 Å². The number of hydrogen-bond acceptors (Lipinski definition) is 2. The fourth-order valence-corrected chi connectivity index (χ4v) is 2.73. The second kappa shape index (κ2) is 4.91. The highest BCUT2D eigenvalue weighted by Gasteiger charge is 2.12. The summed E-state index contributed by atoms with van der Waals surface area (Å²) in [6.45, 7) is 0. The molecule has 4 nitrogen and oxygen atoms in total. The van der Waals surface area contributed by atoms with Gasteiger partial charge in [-0.15, -0.1) is 0 Å². The lowest BCUT2D eigenvalue weighted by atomic mass is 10.1. The number of carbonyl (C=O) groups is 1. The molecule has 1 N–H and O–H groups in total. The Morgan fingerprint density at radius 3 is 2.57 bits per heavy atom. The zero-order valence-electron chi connectivity index (χ0n) is 11.9. The van der Waals surface area contributed by atoms with Gasteiger partial charge in [-0.1, -0.05) is 0 Å². The number of carboxylic acid groups (broad SMARTS) is 1. The number of fused-ring (bicyclic) bond motifs is 3. The lowest BCUT2D eigenvalue weighted by molar-refractivity contribution is 0.0697. The van der Waals surface area contributed by atoms with E-state index in [1.54, 1.807) is 30.3 Å². The average Bonchev–Trinajstić information content (AvgIpc) is 3.04. The van der Waals surface area contributed by atoms with Gasteiger partial charge < -0.3 is 9.51 Å². The molecule has 2 heterocycles. The molecule has 0 aliphatic rings. The average molecular weight is 306 g/mol. The van der Waals surface area contributed by atoms with E-state index >= 15 is 0 Å². The highest BCUT2D eigenvalue weighted by molar-refractivity contribution is 5.94. The molecule has 5 heteroatoms. The van der Waals surface area contributed by atoms with E-state index in [-0.39, 0.29) is 11.4 Å². The molecule has 2 aromatic heterocycles. The second-order valence-corrected chi connectivity index (χ2v) is 5.24. The van der Waals surface area contributed by atoms with Crippen molar-refractivity contribution in [3.05, 3.63) is 72.2 Å². The Morgan fingerprint density at radius 1 is 1.04 bits per heavy atom. The van der Waals surface area contributed by atoms with Crippen molar-refractivity contribution in [3.8, 4) is 11.3 Å². The lowest BCUT2D eigenvalue weighted by Crippen LogP contribution is -1.99. The molecule has 0 aliphatic carbocycles. The molecule has 0 unspecified atom stereocenters.